The molecule has 0 heterocycles. The predicted octanol–water partition coefficient (Wildman–Crippen LogP) is 9.06. The average molecular weight is 541 g/mol. The molecular weight excluding hydrogens is 518 g/mol. The van der Waals surface area contributed by atoms with Gasteiger partial charge in [-0.15, -0.1) is 0 Å². The van der Waals surface area contributed by atoms with Crippen molar-refractivity contribution in [3.8, 4) is 11.1 Å². The lowest BCUT2D eigenvalue weighted by Crippen LogP contribution is -2.67. The second-order valence-corrected chi connectivity index (χ2v) is 7.71. The molecule has 0 atom stereocenters. The first-order chi connectivity index (χ1) is 16.4. The van der Waals surface area contributed by atoms with Gasteiger partial charge in [0, 0.05) is 12.0 Å². The normalized spacial score (nSPS) is 13.2. The zero-order chi connectivity index (χ0) is 27.8. The van der Waals surface area contributed by atoms with Crippen LogP contribution in [0.1, 0.15) is 39.0 Å². The van der Waals surface area contributed by atoms with Crippen LogP contribution in [0.5, 0.6) is 0 Å². The molecule has 0 fully saturated rings. The third kappa shape index (κ3) is 8.04. The Balaban J connectivity index is 0.000000414. The van der Waals surface area contributed by atoms with Crippen molar-refractivity contribution in [2.75, 3.05) is 0 Å². The zero-order valence-corrected chi connectivity index (χ0v) is 18.8. The van der Waals surface area contributed by atoms with Gasteiger partial charge in [-0.05, 0) is 18.1 Å². The summed E-state index contributed by atoms with van der Waals surface area (Å²) in [6.07, 6.45) is -8.24. The lowest BCUT2D eigenvalue weighted by atomic mass is 10.0. The predicted molar refractivity (Wildman–Crippen MR) is 110 cm³/mol. The number of nitrogens with one attached hydrogen (secondary N) is 1. The van der Waals surface area contributed by atoms with Crippen LogP contribution in [-0.2, 0) is 0 Å². The molecule has 1 N–H and O–H groups in total. The molecule has 1 nitrogen and oxygen atoms in total. The van der Waals surface area contributed by atoms with Crippen LogP contribution in [-0.4, -0.2) is 30.1 Å². The van der Waals surface area contributed by atoms with E-state index in [1.807, 2.05) is 36.4 Å². The Morgan fingerprint density at radius 3 is 1.67 bits per heavy atom. The van der Waals surface area contributed by atoms with Gasteiger partial charge in [0.05, 0.1) is 0 Å². The summed E-state index contributed by atoms with van der Waals surface area (Å²) >= 11 is 0. The minimum atomic E-state index is -6.66. The fraction of sp³-hybridized carbons (Fsp3) is 0.478. The number of rotatable bonds is 10. The van der Waals surface area contributed by atoms with E-state index in [0.717, 1.165) is 5.56 Å². The van der Waals surface area contributed by atoms with Crippen LogP contribution in [0.3, 0.4) is 0 Å². The first-order valence-electron chi connectivity index (χ1n) is 10.6. The Hall–Kier alpha value is -2.44. The Morgan fingerprint density at radius 1 is 0.639 bits per heavy atom. The van der Waals surface area contributed by atoms with Gasteiger partial charge in [0.15, 0.2) is 0 Å². The van der Waals surface area contributed by atoms with Crippen molar-refractivity contribution in [3.05, 3.63) is 60.4 Å². The summed E-state index contributed by atoms with van der Waals surface area (Å²) in [7, 11) is 0. The lowest BCUT2D eigenvalue weighted by molar-refractivity contribution is -0.370. The number of benzene rings is 2. The third-order valence-electron chi connectivity index (χ3n) is 4.83. The van der Waals surface area contributed by atoms with Crippen molar-refractivity contribution in [2.24, 2.45) is 0 Å². The van der Waals surface area contributed by atoms with E-state index in [1.165, 1.54) is 6.07 Å². The number of hydrogen-bond acceptors (Lipinski definition) is 1. The van der Waals surface area contributed by atoms with Gasteiger partial charge in [0.2, 0.25) is 0 Å². The topological polar surface area (TPSA) is 12.0 Å². The molecule has 0 bridgehead atoms. The van der Waals surface area contributed by atoms with Crippen molar-refractivity contribution in [1.82, 2.24) is 5.32 Å². The van der Waals surface area contributed by atoms with E-state index in [1.54, 1.807) is 19.1 Å². The molecule has 2 rings (SSSR count). The smallest absolute Gasteiger partial charge is 0.206 e. The van der Waals surface area contributed by atoms with Gasteiger partial charge in [-0.25, -0.2) is 4.39 Å². The van der Waals surface area contributed by atoms with Crippen LogP contribution in [0.25, 0.3) is 11.1 Å². The summed E-state index contributed by atoms with van der Waals surface area (Å²) in [5.41, 5.74) is 1.57. The number of hydrogen-bond donors (Lipinski definition) is 1. The number of unbranched alkanes of at least 4 members (excludes halogenated alkanes) is 3. The summed E-state index contributed by atoms with van der Waals surface area (Å²) in [5, 5.41) is -1.00. The van der Waals surface area contributed by atoms with E-state index in [4.69, 9.17) is 0 Å². The van der Waals surface area contributed by atoms with Crippen molar-refractivity contribution < 1.29 is 52.7 Å². The summed E-state index contributed by atoms with van der Waals surface area (Å²) in [4.78, 5) is 0. The molecule has 0 radical (unpaired) electrons. The molecule has 204 valence electrons. The molecule has 2 aromatic carbocycles. The molecule has 0 spiro atoms. The monoisotopic (exact) mass is 541 g/mol. The van der Waals surface area contributed by atoms with Crippen LogP contribution in [0.4, 0.5) is 52.7 Å². The quantitative estimate of drug-likeness (QED) is 0.180. The van der Waals surface area contributed by atoms with Gasteiger partial charge >= 0.3 is 30.1 Å². The summed E-state index contributed by atoms with van der Waals surface area (Å²) in [5.74, 6) is -12.1. The maximum absolute atomic E-state index is 13.3. The molecule has 2 aromatic rings. The number of alkyl halides is 11. The Labute approximate surface area is 199 Å². The molecule has 13 heteroatoms. The van der Waals surface area contributed by atoms with Crippen molar-refractivity contribution in [2.45, 2.75) is 69.1 Å². The van der Waals surface area contributed by atoms with Gasteiger partial charge in [-0.2, -0.15) is 53.6 Å². The summed E-state index contributed by atoms with van der Waals surface area (Å²) in [6, 6.07) is 3.36. The molecule has 0 unspecified atom stereocenters. The van der Waals surface area contributed by atoms with E-state index >= 15 is 0 Å². The first kappa shape index (κ1) is 31.6. The maximum atomic E-state index is 13.3. The average Bonchev–Trinajstić information content (AvgIpc) is 2.76. The minimum Gasteiger partial charge on any atom is -0.206 e. The molecule has 0 aliphatic carbocycles. The molecule has 0 aliphatic heterocycles. The highest BCUT2D eigenvalue weighted by Crippen LogP contribution is 2.49. The van der Waals surface area contributed by atoms with Crippen LogP contribution in [0, 0.1) is 5.82 Å². The SMILES string of the molecule is CCCCCCC(F)(F)C(F)(F)C(F)(F)NC(F)(F)C(F)(F)F.Fc1ccccc1-c1ccccc1. The van der Waals surface area contributed by atoms with E-state index in [2.05, 4.69) is 0 Å². The van der Waals surface area contributed by atoms with Gasteiger partial charge < -0.3 is 0 Å². The molecule has 0 amide bonds. The number of halogens is 12. The Kier molecular flexibility index (Phi) is 10.7. The van der Waals surface area contributed by atoms with E-state index < -0.39 is 48.3 Å². The second kappa shape index (κ2) is 12.2. The van der Waals surface area contributed by atoms with Gasteiger partial charge in [-0.1, -0.05) is 74.7 Å². The molecule has 0 saturated carbocycles. The highest BCUT2D eigenvalue weighted by Gasteiger charge is 2.75. The van der Waals surface area contributed by atoms with Gasteiger partial charge in [0.25, 0.3) is 0 Å². The lowest BCUT2D eigenvalue weighted by Gasteiger charge is -2.35. The second-order valence-electron chi connectivity index (χ2n) is 7.71. The van der Waals surface area contributed by atoms with Gasteiger partial charge in [-0.3, -0.25) is 0 Å². The zero-order valence-electron chi connectivity index (χ0n) is 18.8. The fourth-order valence-electron chi connectivity index (χ4n) is 2.82. The first-order valence-corrected chi connectivity index (χ1v) is 10.6. The molecule has 0 aromatic heterocycles. The highest BCUT2D eigenvalue weighted by molar-refractivity contribution is 5.63. The summed E-state index contributed by atoms with van der Waals surface area (Å²) < 4.78 is 152. The standard InChI is InChI=1S/C12H9F.C11H14F11N/c13-12-9-5-4-8-11(12)10-6-2-1-3-7-10;1-2-3-4-5-6-7(12,13)8(14,15)10(19,20)23-11(21,22)9(16,17)18/h1-9H;23H,2-6H2,1H3. The third-order valence-corrected chi connectivity index (χ3v) is 4.83. The van der Waals surface area contributed by atoms with Crippen molar-refractivity contribution in [3.63, 3.8) is 0 Å². The fourth-order valence-corrected chi connectivity index (χ4v) is 2.82. The summed E-state index contributed by atoms with van der Waals surface area (Å²) in [6.45, 7) is 1.64. The van der Waals surface area contributed by atoms with Crippen molar-refractivity contribution >= 4 is 0 Å². The molecule has 0 aliphatic rings. The molecular formula is C23H23F12N. The van der Waals surface area contributed by atoms with Crippen LogP contribution >= 0.6 is 0 Å². The Bertz CT molecular complexity index is 926. The van der Waals surface area contributed by atoms with E-state index in [9.17, 15) is 52.7 Å². The minimum absolute atomic E-state index is 0.0140. The van der Waals surface area contributed by atoms with Crippen LogP contribution in [0.2, 0.25) is 0 Å². The van der Waals surface area contributed by atoms with Crippen LogP contribution in [0.15, 0.2) is 54.6 Å². The largest absolute Gasteiger partial charge is 0.469 e. The molecule has 36 heavy (non-hydrogen) atoms. The van der Waals surface area contributed by atoms with Crippen LogP contribution < -0.4 is 5.32 Å². The van der Waals surface area contributed by atoms with E-state index in [0.29, 0.717) is 18.4 Å². The van der Waals surface area contributed by atoms with Crippen molar-refractivity contribution in [1.29, 1.82) is 0 Å². The highest BCUT2D eigenvalue weighted by atomic mass is 19.4. The maximum Gasteiger partial charge on any atom is 0.469 e. The Morgan fingerprint density at radius 2 is 1.17 bits per heavy atom. The van der Waals surface area contributed by atoms with E-state index in [-0.39, 0.29) is 12.2 Å². The molecule has 0 saturated heterocycles. The van der Waals surface area contributed by atoms with Gasteiger partial charge in [0.1, 0.15) is 5.82 Å².